The average molecular weight is 397 g/mol. The Morgan fingerprint density at radius 2 is 1.93 bits per heavy atom. The van der Waals surface area contributed by atoms with Gasteiger partial charge in [0.15, 0.2) is 5.69 Å². The van der Waals surface area contributed by atoms with Gasteiger partial charge in [0.05, 0.1) is 12.7 Å². The highest BCUT2D eigenvalue weighted by Crippen LogP contribution is 2.11. The number of anilines is 2. The van der Waals surface area contributed by atoms with Gasteiger partial charge >= 0.3 is 0 Å². The molecule has 7 N–H and O–H groups in total. The number of carbonyl (C=O) groups is 1. The first-order valence-corrected chi connectivity index (χ1v) is 7.99. The molecule has 150 valence electrons. The number of amidine groups is 1. The van der Waals surface area contributed by atoms with E-state index in [1.165, 1.54) is 24.3 Å². The first kappa shape index (κ1) is 20.9. The summed E-state index contributed by atoms with van der Waals surface area (Å²) in [6.45, 7) is 0.640. The maximum absolute atomic E-state index is 12.7. The first-order valence-electron chi connectivity index (χ1n) is 7.99. The number of alkyl halides is 2. The molecule has 1 aliphatic rings. The molecule has 0 spiro atoms. The van der Waals surface area contributed by atoms with Crippen LogP contribution < -0.4 is 27.7 Å². The molecule has 0 radical (unpaired) electrons. The van der Waals surface area contributed by atoms with Crippen LogP contribution in [0.25, 0.3) is 0 Å². The first-order chi connectivity index (χ1) is 13.3. The molecule has 1 unspecified atom stereocenters. The summed E-state index contributed by atoms with van der Waals surface area (Å²) < 4.78 is 36.5. The van der Waals surface area contributed by atoms with Gasteiger partial charge in [0, 0.05) is 12.2 Å². The predicted molar refractivity (Wildman–Crippen MR) is 97.9 cm³/mol. The lowest BCUT2D eigenvalue weighted by atomic mass is 10.3. The minimum absolute atomic E-state index is 0.0982. The van der Waals surface area contributed by atoms with E-state index in [4.69, 9.17) is 11.5 Å². The van der Waals surface area contributed by atoms with Crippen LogP contribution >= 0.6 is 0 Å². The molecule has 2 aromatic rings. The minimum atomic E-state index is -2.41. The molecule has 1 aromatic heterocycles. The molecule has 0 aliphatic carbocycles. The molecule has 28 heavy (non-hydrogen) atoms. The molecule has 1 aromatic carbocycles. The van der Waals surface area contributed by atoms with E-state index in [1.807, 2.05) is 0 Å². The Morgan fingerprint density at radius 3 is 2.46 bits per heavy atom. The van der Waals surface area contributed by atoms with E-state index in [9.17, 15) is 22.8 Å². The highest BCUT2D eigenvalue weighted by atomic mass is 19.3. The van der Waals surface area contributed by atoms with Crippen molar-refractivity contribution in [3.63, 3.8) is 0 Å². The van der Waals surface area contributed by atoms with Gasteiger partial charge in [0.2, 0.25) is 0 Å². The number of aromatic amines is 1. The third-order valence-electron chi connectivity index (χ3n) is 3.42. The zero-order valence-electron chi connectivity index (χ0n) is 14.5. The number of nitrogens with two attached hydrogens (primary N) is 2. The maximum Gasteiger partial charge on any atom is 0.278 e. The fraction of sp³-hybridized carbons (Fsp3) is 0.250. The van der Waals surface area contributed by atoms with Crippen LogP contribution in [-0.2, 0) is 0 Å². The molecule has 0 saturated carbocycles. The third kappa shape index (κ3) is 6.09. The number of nitrogens with zero attached hydrogens (tertiary/aromatic N) is 2. The molecule has 9 nitrogen and oxygen atoms in total. The van der Waals surface area contributed by atoms with E-state index in [0.29, 0.717) is 12.2 Å². The number of nitrogen functional groups attached to an aromatic ring is 1. The lowest BCUT2D eigenvalue weighted by Crippen LogP contribution is -2.43. The number of aromatic nitrogens is 2. The van der Waals surface area contributed by atoms with Crippen molar-refractivity contribution in [3.8, 4) is 0 Å². The highest BCUT2D eigenvalue weighted by molar-refractivity contribution is 6.05. The Labute approximate surface area is 157 Å². The van der Waals surface area contributed by atoms with Gasteiger partial charge in [-0.3, -0.25) is 14.6 Å². The molecule has 0 fully saturated rings. The minimum Gasteiger partial charge on any atom is -0.386 e. The van der Waals surface area contributed by atoms with Crippen LogP contribution in [0.4, 0.5) is 24.7 Å². The highest BCUT2D eigenvalue weighted by Gasteiger charge is 2.21. The van der Waals surface area contributed by atoms with Crippen molar-refractivity contribution in [2.24, 2.45) is 10.7 Å². The van der Waals surface area contributed by atoms with Crippen LogP contribution in [0, 0.1) is 5.82 Å². The maximum atomic E-state index is 12.7. The van der Waals surface area contributed by atoms with Crippen LogP contribution in [0.1, 0.15) is 10.5 Å². The van der Waals surface area contributed by atoms with Gasteiger partial charge in [-0.2, -0.15) is 0 Å². The molecule has 1 atom stereocenters. The second-order valence-electron chi connectivity index (χ2n) is 5.62. The van der Waals surface area contributed by atoms with E-state index >= 15 is 0 Å². The normalized spacial score (nSPS) is 16.0. The number of hydrogen-bond acceptors (Lipinski definition) is 7. The quantitative estimate of drug-likeness (QED) is 0.503. The Balaban J connectivity index is 0.000000237. The number of rotatable bonds is 3. The molecule has 3 rings (SSSR count). The summed E-state index contributed by atoms with van der Waals surface area (Å²) in [5, 5.41) is 5.21. The zero-order chi connectivity index (χ0) is 20.7. The Kier molecular flexibility index (Phi) is 7.09. The van der Waals surface area contributed by atoms with Crippen LogP contribution in [0.2, 0.25) is 0 Å². The summed E-state index contributed by atoms with van der Waals surface area (Å²) in [7, 11) is 0. The van der Waals surface area contributed by atoms with E-state index in [2.05, 4.69) is 25.6 Å². The lowest BCUT2D eigenvalue weighted by molar-refractivity contribution is 0.102. The fourth-order valence-corrected chi connectivity index (χ4v) is 2.12. The number of nitrogens with one attached hydrogen (secondary N) is 3. The number of H-pyrrole nitrogens is 1. The summed E-state index contributed by atoms with van der Waals surface area (Å²) in [6, 6.07) is 4.26. The third-order valence-corrected chi connectivity index (χ3v) is 3.42. The number of amides is 1. The van der Waals surface area contributed by atoms with E-state index < -0.39 is 29.8 Å². The number of benzene rings is 1. The summed E-state index contributed by atoms with van der Waals surface area (Å²) in [5.74, 6) is -0.858. The number of aliphatic imine (C=N–C) groups is 1. The van der Waals surface area contributed by atoms with Crippen molar-refractivity contribution in [1.82, 2.24) is 15.3 Å². The molecular weight excluding hydrogens is 379 g/mol. The number of halogens is 3. The molecule has 1 amide bonds. The van der Waals surface area contributed by atoms with E-state index in [0.717, 1.165) is 6.20 Å². The molecule has 12 heteroatoms. The van der Waals surface area contributed by atoms with Gasteiger partial charge in [0.25, 0.3) is 17.9 Å². The number of hydrogen-bond donors (Lipinski definition) is 5. The molecule has 2 heterocycles. The topological polar surface area (TPSA) is 151 Å². The summed E-state index contributed by atoms with van der Waals surface area (Å²) in [5.41, 5.74) is 10.5. The van der Waals surface area contributed by atoms with Gasteiger partial charge in [-0.05, 0) is 24.3 Å². The molecule has 0 saturated heterocycles. The second kappa shape index (κ2) is 9.50. The second-order valence-corrected chi connectivity index (χ2v) is 5.62. The zero-order valence-corrected chi connectivity index (χ0v) is 14.5. The van der Waals surface area contributed by atoms with Crippen LogP contribution in [0.15, 0.2) is 40.2 Å². The molecule has 1 aliphatic heterocycles. The van der Waals surface area contributed by atoms with Crippen molar-refractivity contribution < 1.29 is 18.0 Å². The van der Waals surface area contributed by atoms with Gasteiger partial charge in [0.1, 0.15) is 23.5 Å². The fourth-order valence-electron chi connectivity index (χ4n) is 2.12. The predicted octanol–water partition coefficient (Wildman–Crippen LogP) is 0.324. The van der Waals surface area contributed by atoms with Crippen molar-refractivity contribution in [2.75, 3.05) is 24.1 Å². The lowest BCUT2D eigenvalue weighted by Gasteiger charge is -2.18. The largest absolute Gasteiger partial charge is 0.386 e. The van der Waals surface area contributed by atoms with Crippen molar-refractivity contribution in [3.05, 3.63) is 52.3 Å². The SMILES string of the molecule is NC1=NC(C(F)F)CNC1.Nc1[nH]c(=O)cnc1C(=O)Nc1ccc(F)cc1. The Bertz CT molecular complexity index is 900. The smallest absolute Gasteiger partial charge is 0.278 e. The summed E-state index contributed by atoms with van der Waals surface area (Å²) in [4.78, 5) is 32.1. The molecular formula is C16H18F3N7O2. The van der Waals surface area contributed by atoms with Crippen LogP contribution in [0.3, 0.4) is 0 Å². The van der Waals surface area contributed by atoms with Crippen molar-refractivity contribution in [2.45, 2.75) is 12.5 Å². The van der Waals surface area contributed by atoms with Crippen molar-refractivity contribution in [1.29, 1.82) is 0 Å². The van der Waals surface area contributed by atoms with E-state index in [-0.39, 0.29) is 23.9 Å². The van der Waals surface area contributed by atoms with Gasteiger partial charge < -0.3 is 27.1 Å². The Hall–Kier alpha value is -3.41. The van der Waals surface area contributed by atoms with Crippen molar-refractivity contribution >= 4 is 23.2 Å². The summed E-state index contributed by atoms with van der Waals surface area (Å²) in [6.07, 6.45) is -1.46. The standard InChI is InChI=1S/C11H9FN4O2.C5H9F2N3/c12-6-1-3-7(4-2-6)15-11(18)9-10(13)16-8(17)5-14-9;6-5(7)3-1-9-2-4(8)10-3/h1-5H,(H,15,18)(H3,13,16,17);3,5,9H,1-2H2,(H2,8,10). The van der Waals surface area contributed by atoms with Gasteiger partial charge in [-0.1, -0.05) is 0 Å². The van der Waals surface area contributed by atoms with Crippen LogP contribution in [0.5, 0.6) is 0 Å². The monoisotopic (exact) mass is 397 g/mol. The summed E-state index contributed by atoms with van der Waals surface area (Å²) >= 11 is 0. The van der Waals surface area contributed by atoms with Crippen LogP contribution in [-0.4, -0.2) is 47.3 Å². The molecule has 0 bridgehead atoms. The van der Waals surface area contributed by atoms with E-state index in [1.54, 1.807) is 0 Å². The Morgan fingerprint density at radius 1 is 1.25 bits per heavy atom. The number of carbonyl (C=O) groups excluding carboxylic acids is 1. The average Bonchev–Trinajstić information content (AvgIpc) is 2.64. The van der Waals surface area contributed by atoms with Gasteiger partial charge in [-0.15, -0.1) is 0 Å². The van der Waals surface area contributed by atoms with Gasteiger partial charge in [-0.25, -0.2) is 18.2 Å².